The maximum atomic E-state index is 12.8. The highest BCUT2D eigenvalue weighted by atomic mass is 16.5. The van der Waals surface area contributed by atoms with E-state index in [-0.39, 0.29) is 11.8 Å². The second-order valence-electron chi connectivity index (χ2n) is 7.46. The molecule has 7 heteroatoms. The van der Waals surface area contributed by atoms with Crippen molar-refractivity contribution in [2.75, 3.05) is 26.3 Å². The van der Waals surface area contributed by atoms with Gasteiger partial charge in [-0.1, -0.05) is 13.8 Å². The van der Waals surface area contributed by atoms with Gasteiger partial charge in [0.05, 0.1) is 18.8 Å². The minimum absolute atomic E-state index is 0.0570. The zero-order valence-corrected chi connectivity index (χ0v) is 15.1. The molecule has 2 amide bonds. The number of carbonyl (C=O) groups is 2. The second kappa shape index (κ2) is 7.99. The fourth-order valence-electron chi connectivity index (χ4n) is 3.47. The SMILES string of the molecule is CC(C)CC(=O)N1Cc2ccnn2[C@@H](C(=O)NCC2CCOCC2)C1. The smallest absolute Gasteiger partial charge is 0.246 e. The lowest BCUT2D eigenvalue weighted by Gasteiger charge is -2.34. The summed E-state index contributed by atoms with van der Waals surface area (Å²) in [5.41, 5.74) is 0.912. The lowest BCUT2D eigenvalue weighted by molar-refractivity contribution is -0.136. The molecule has 1 atom stereocenters. The summed E-state index contributed by atoms with van der Waals surface area (Å²) in [5.74, 6) is 0.820. The molecule has 0 aliphatic carbocycles. The van der Waals surface area contributed by atoms with E-state index >= 15 is 0 Å². The van der Waals surface area contributed by atoms with Gasteiger partial charge in [0.25, 0.3) is 0 Å². The van der Waals surface area contributed by atoms with Crippen LogP contribution in [0.25, 0.3) is 0 Å². The van der Waals surface area contributed by atoms with Crippen molar-refractivity contribution in [3.8, 4) is 0 Å². The molecule has 0 saturated carbocycles. The number of nitrogens with one attached hydrogen (secondary N) is 1. The van der Waals surface area contributed by atoms with Crippen molar-refractivity contribution in [1.29, 1.82) is 0 Å². The number of hydrogen-bond donors (Lipinski definition) is 1. The fraction of sp³-hybridized carbons (Fsp3) is 0.722. The number of fused-ring (bicyclic) bond motifs is 1. The minimum atomic E-state index is -0.449. The van der Waals surface area contributed by atoms with E-state index < -0.39 is 6.04 Å². The molecule has 3 heterocycles. The van der Waals surface area contributed by atoms with Gasteiger partial charge in [0.15, 0.2) is 0 Å². The first-order valence-electron chi connectivity index (χ1n) is 9.20. The van der Waals surface area contributed by atoms with Crippen LogP contribution in [0.4, 0.5) is 0 Å². The van der Waals surface area contributed by atoms with E-state index in [1.165, 1.54) is 0 Å². The van der Waals surface area contributed by atoms with Crippen LogP contribution in [0.3, 0.4) is 0 Å². The van der Waals surface area contributed by atoms with Crippen molar-refractivity contribution in [2.45, 2.75) is 45.7 Å². The van der Waals surface area contributed by atoms with Crippen LogP contribution >= 0.6 is 0 Å². The van der Waals surface area contributed by atoms with Crippen molar-refractivity contribution in [3.05, 3.63) is 18.0 Å². The number of aromatic nitrogens is 2. The topological polar surface area (TPSA) is 76.5 Å². The molecule has 2 aliphatic rings. The zero-order valence-electron chi connectivity index (χ0n) is 15.1. The Morgan fingerprint density at radius 3 is 2.84 bits per heavy atom. The third-order valence-electron chi connectivity index (χ3n) is 4.94. The number of ether oxygens (including phenoxy) is 1. The molecular formula is C18H28N4O3. The summed E-state index contributed by atoms with van der Waals surface area (Å²) in [7, 11) is 0. The fourth-order valence-corrected chi connectivity index (χ4v) is 3.47. The summed E-state index contributed by atoms with van der Waals surface area (Å²) < 4.78 is 7.12. The van der Waals surface area contributed by atoms with Crippen LogP contribution in [0.15, 0.2) is 12.3 Å². The van der Waals surface area contributed by atoms with Crippen LogP contribution in [0.1, 0.15) is 44.8 Å². The van der Waals surface area contributed by atoms with Gasteiger partial charge < -0.3 is 15.0 Å². The molecule has 1 fully saturated rings. The highest BCUT2D eigenvalue weighted by molar-refractivity contribution is 5.82. The van der Waals surface area contributed by atoms with Crippen LogP contribution in [-0.4, -0.2) is 52.8 Å². The Labute approximate surface area is 148 Å². The Kier molecular flexibility index (Phi) is 5.73. The molecule has 1 aromatic rings. The van der Waals surface area contributed by atoms with E-state index in [2.05, 4.69) is 10.4 Å². The predicted octanol–water partition coefficient (Wildman–Crippen LogP) is 1.36. The van der Waals surface area contributed by atoms with Crippen LogP contribution in [0, 0.1) is 11.8 Å². The summed E-state index contributed by atoms with van der Waals surface area (Å²) in [6.45, 7) is 7.17. The van der Waals surface area contributed by atoms with E-state index in [9.17, 15) is 9.59 Å². The molecule has 0 aromatic carbocycles. The van der Waals surface area contributed by atoms with Crippen LogP contribution in [0.2, 0.25) is 0 Å². The van der Waals surface area contributed by atoms with Gasteiger partial charge in [0.1, 0.15) is 6.04 Å². The van der Waals surface area contributed by atoms with E-state index in [0.29, 0.717) is 37.9 Å². The Morgan fingerprint density at radius 1 is 1.36 bits per heavy atom. The molecule has 0 radical (unpaired) electrons. The maximum Gasteiger partial charge on any atom is 0.246 e. The van der Waals surface area contributed by atoms with Crippen molar-refractivity contribution >= 4 is 11.8 Å². The third kappa shape index (κ3) is 4.39. The highest BCUT2D eigenvalue weighted by Crippen LogP contribution is 2.22. The molecule has 0 unspecified atom stereocenters. The van der Waals surface area contributed by atoms with E-state index in [4.69, 9.17) is 4.74 Å². The predicted molar refractivity (Wildman–Crippen MR) is 92.7 cm³/mol. The highest BCUT2D eigenvalue weighted by Gasteiger charge is 2.33. The van der Waals surface area contributed by atoms with Gasteiger partial charge in [-0.25, -0.2) is 0 Å². The van der Waals surface area contributed by atoms with Crippen molar-refractivity contribution in [1.82, 2.24) is 20.0 Å². The molecule has 0 spiro atoms. The molecular weight excluding hydrogens is 320 g/mol. The molecule has 7 nitrogen and oxygen atoms in total. The normalized spacial score (nSPS) is 21.2. The molecule has 1 saturated heterocycles. The Balaban J connectivity index is 1.64. The van der Waals surface area contributed by atoms with Gasteiger partial charge in [-0.05, 0) is 30.7 Å². The Hall–Kier alpha value is -1.89. The van der Waals surface area contributed by atoms with Crippen molar-refractivity contribution in [2.24, 2.45) is 11.8 Å². The summed E-state index contributed by atoms with van der Waals surface area (Å²) >= 11 is 0. The Bertz CT molecular complexity index is 607. The van der Waals surface area contributed by atoms with E-state index in [0.717, 1.165) is 31.7 Å². The number of amides is 2. The van der Waals surface area contributed by atoms with Crippen LogP contribution in [0.5, 0.6) is 0 Å². The van der Waals surface area contributed by atoms with Crippen molar-refractivity contribution < 1.29 is 14.3 Å². The molecule has 0 bridgehead atoms. The monoisotopic (exact) mass is 348 g/mol. The average Bonchev–Trinajstić information content (AvgIpc) is 3.07. The molecule has 138 valence electrons. The van der Waals surface area contributed by atoms with Gasteiger partial charge in [-0.15, -0.1) is 0 Å². The number of carbonyl (C=O) groups excluding carboxylic acids is 2. The zero-order chi connectivity index (χ0) is 17.8. The van der Waals surface area contributed by atoms with Gasteiger partial charge in [0, 0.05) is 32.4 Å². The maximum absolute atomic E-state index is 12.8. The van der Waals surface area contributed by atoms with Gasteiger partial charge >= 0.3 is 0 Å². The lowest BCUT2D eigenvalue weighted by Crippen LogP contribution is -2.48. The molecule has 25 heavy (non-hydrogen) atoms. The third-order valence-corrected chi connectivity index (χ3v) is 4.94. The Morgan fingerprint density at radius 2 is 2.12 bits per heavy atom. The molecule has 1 aromatic heterocycles. The lowest BCUT2D eigenvalue weighted by atomic mass is 10.0. The average molecular weight is 348 g/mol. The van der Waals surface area contributed by atoms with E-state index in [1.54, 1.807) is 15.8 Å². The van der Waals surface area contributed by atoms with Crippen LogP contribution < -0.4 is 5.32 Å². The minimum Gasteiger partial charge on any atom is -0.381 e. The van der Waals surface area contributed by atoms with Crippen molar-refractivity contribution in [3.63, 3.8) is 0 Å². The summed E-state index contributed by atoms with van der Waals surface area (Å²) in [6, 6.07) is 1.43. The van der Waals surface area contributed by atoms with Gasteiger partial charge in [-0.2, -0.15) is 5.10 Å². The largest absolute Gasteiger partial charge is 0.381 e. The molecule has 1 N–H and O–H groups in total. The number of nitrogens with zero attached hydrogens (tertiary/aromatic N) is 3. The van der Waals surface area contributed by atoms with Gasteiger partial charge in [-0.3, -0.25) is 14.3 Å². The first-order chi connectivity index (χ1) is 12.0. The molecule has 2 aliphatic heterocycles. The standard InChI is InChI=1S/C18H28N4O3/c1-13(2)9-17(23)21-11-15-3-6-20-22(15)16(12-21)18(24)19-10-14-4-7-25-8-5-14/h3,6,13-14,16H,4-5,7-12H2,1-2H3,(H,19,24)/t16-/m1/s1. The second-order valence-corrected chi connectivity index (χ2v) is 7.46. The summed E-state index contributed by atoms with van der Waals surface area (Å²) in [6.07, 6.45) is 4.17. The van der Waals surface area contributed by atoms with Gasteiger partial charge in [0.2, 0.25) is 11.8 Å². The number of hydrogen-bond acceptors (Lipinski definition) is 4. The first-order valence-corrected chi connectivity index (χ1v) is 9.20. The van der Waals surface area contributed by atoms with E-state index in [1.807, 2.05) is 19.9 Å². The van der Waals surface area contributed by atoms with Crippen LogP contribution in [-0.2, 0) is 20.9 Å². The summed E-state index contributed by atoms with van der Waals surface area (Å²) in [4.78, 5) is 27.0. The quantitative estimate of drug-likeness (QED) is 0.872. The first kappa shape index (κ1) is 17.9. The molecule has 3 rings (SSSR count). The number of rotatable bonds is 5. The summed E-state index contributed by atoms with van der Waals surface area (Å²) in [5, 5.41) is 7.37.